The third-order valence-corrected chi connectivity index (χ3v) is 6.80. The molecule has 0 saturated heterocycles. The van der Waals surface area contributed by atoms with Crippen LogP contribution in [0.25, 0.3) is 0 Å². The monoisotopic (exact) mass is 483 g/mol. The summed E-state index contributed by atoms with van der Waals surface area (Å²) in [4.78, 5) is 14.5. The van der Waals surface area contributed by atoms with Gasteiger partial charge in [0, 0.05) is 32.1 Å². The lowest BCUT2D eigenvalue weighted by Gasteiger charge is -2.21. The van der Waals surface area contributed by atoms with Crippen molar-refractivity contribution in [2.45, 2.75) is 37.1 Å². The first kappa shape index (κ1) is 25.3. The van der Waals surface area contributed by atoms with Crippen LogP contribution in [0.15, 0.2) is 60.0 Å². The van der Waals surface area contributed by atoms with Gasteiger partial charge in [0.25, 0.3) is 0 Å². The first-order valence-corrected chi connectivity index (χ1v) is 12.7. The SMILES string of the molecule is C=CCN(Cc1ccc(C#N)cc1)C(=O)CCCCCNS(=O)(=O)c1ccc2c(c1)OCCO2. The predicted molar refractivity (Wildman–Crippen MR) is 128 cm³/mol. The summed E-state index contributed by atoms with van der Waals surface area (Å²) < 4.78 is 38.6. The molecule has 0 unspecified atom stereocenters. The molecule has 34 heavy (non-hydrogen) atoms. The summed E-state index contributed by atoms with van der Waals surface area (Å²) in [6.45, 7) is 5.74. The number of hydrogen-bond acceptors (Lipinski definition) is 6. The molecule has 0 atom stereocenters. The number of nitrogens with one attached hydrogen (secondary N) is 1. The van der Waals surface area contributed by atoms with Crippen molar-refractivity contribution >= 4 is 15.9 Å². The van der Waals surface area contributed by atoms with E-state index in [1.165, 1.54) is 12.1 Å². The number of carbonyl (C=O) groups is 1. The molecule has 0 bridgehead atoms. The first-order chi connectivity index (χ1) is 16.4. The Hall–Kier alpha value is -3.35. The normalized spacial score (nSPS) is 12.6. The van der Waals surface area contributed by atoms with Gasteiger partial charge in [-0.05, 0) is 42.7 Å². The molecule has 2 aromatic rings. The Morgan fingerprint density at radius 2 is 1.82 bits per heavy atom. The van der Waals surface area contributed by atoms with Crippen molar-refractivity contribution in [3.8, 4) is 17.6 Å². The predicted octanol–water partition coefficient (Wildman–Crippen LogP) is 3.38. The second-order valence-electron chi connectivity index (χ2n) is 7.89. The van der Waals surface area contributed by atoms with Gasteiger partial charge in [-0.25, -0.2) is 13.1 Å². The molecule has 180 valence electrons. The molecule has 0 saturated carbocycles. The molecule has 2 aromatic carbocycles. The minimum atomic E-state index is -3.65. The lowest BCUT2D eigenvalue weighted by molar-refractivity contribution is -0.131. The average Bonchev–Trinajstić information content (AvgIpc) is 2.85. The van der Waals surface area contributed by atoms with E-state index in [2.05, 4.69) is 17.4 Å². The third kappa shape index (κ3) is 7.07. The van der Waals surface area contributed by atoms with Crippen LogP contribution < -0.4 is 14.2 Å². The molecule has 0 spiro atoms. The zero-order valence-electron chi connectivity index (χ0n) is 19.0. The lowest BCUT2D eigenvalue weighted by Crippen LogP contribution is -2.30. The number of amides is 1. The number of ether oxygens (including phenoxy) is 2. The summed E-state index contributed by atoms with van der Waals surface area (Å²) in [5, 5.41) is 8.91. The molecule has 9 heteroatoms. The van der Waals surface area contributed by atoms with E-state index in [9.17, 15) is 13.2 Å². The Bertz CT molecular complexity index is 1140. The Morgan fingerprint density at radius 3 is 2.53 bits per heavy atom. The highest BCUT2D eigenvalue weighted by atomic mass is 32.2. The van der Waals surface area contributed by atoms with Crippen molar-refractivity contribution in [1.29, 1.82) is 5.26 Å². The van der Waals surface area contributed by atoms with E-state index in [4.69, 9.17) is 14.7 Å². The van der Waals surface area contributed by atoms with Crippen LogP contribution in [0.2, 0.25) is 0 Å². The Kier molecular flexibility index (Phi) is 9.08. The van der Waals surface area contributed by atoms with Gasteiger partial charge in [0.2, 0.25) is 15.9 Å². The van der Waals surface area contributed by atoms with Crippen molar-refractivity contribution < 1.29 is 22.7 Å². The maximum Gasteiger partial charge on any atom is 0.240 e. The number of nitrogens with zero attached hydrogens (tertiary/aromatic N) is 2. The minimum Gasteiger partial charge on any atom is -0.486 e. The Morgan fingerprint density at radius 1 is 1.09 bits per heavy atom. The van der Waals surface area contributed by atoms with Gasteiger partial charge >= 0.3 is 0 Å². The number of unbranched alkanes of at least 4 members (excludes halogenated alkanes) is 2. The zero-order valence-corrected chi connectivity index (χ0v) is 19.9. The number of sulfonamides is 1. The third-order valence-electron chi connectivity index (χ3n) is 5.34. The van der Waals surface area contributed by atoms with Gasteiger partial charge in [0.05, 0.1) is 16.5 Å². The fourth-order valence-electron chi connectivity index (χ4n) is 3.53. The molecule has 1 heterocycles. The van der Waals surface area contributed by atoms with Gasteiger partial charge in [-0.15, -0.1) is 6.58 Å². The van der Waals surface area contributed by atoms with Gasteiger partial charge in [-0.3, -0.25) is 4.79 Å². The van der Waals surface area contributed by atoms with E-state index in [0.29, 0.717) is 69.0 Å². The molecule has 1 aliphatic heterocycles. The average molecular weight is 484 g/mol. The summed E-state index contributed by atoms with van der Waals surface area (Å²) in [6.07, 6.45) is 4.06. The quantitative estimate of drug-likeness (QED) is 0.366. The number of hydrogen-bond donors (Lipinski definition) is 1. The topological polar surface area (TPSA) is 109 Å². The van der Waals surface area contributed by atoms with Gasteiger partial charge in [0.15, 0.2) is 11.5 Å². The second-order valence-corrected chi connectivity index (χ2v) is 9.65. The summed E-state index contributed by atoms with van der Waals surface area (Å²) in [5.74, 6) is 0.985. The largest absolute Gasteiger partial charge is 0.486 e. The van der Waals surface area contributed by atoms with Crippen LogP contribution in [0.1, 0.15) is 36.8 Å². The molecular formula is C25H29N3O5S. The van der Waals surface area contributed by atoms with Gasteiger partial charge in [0.1, 0.15) is 13.2 Å². The van der Waals surface area contributed by atoms with Gasteiger partial charge in [-0.2, -0.15) is 5.26 Å². The fraction of sp³-hybridized carbons (Fsp3) is 0.360. The van der Waals surface area contributed by atoms with E-state index in [0.717, 1.165) is 5.56 Å². The van der Waals surface area contributed by atoms with Gasteiger partial charge in [-0.1, -0.05) is 24.6 Å². The smallest absolute Gasteiger partial charge is 0.240 e. The van der Waals surface area contributed by atoms with Crippen LogP contribution >= 0.6 is 0 Å². The van der Waals surface area contributed by atoms with Crippen molar-refractivity contribution in [3.05, 3.63) is 66.2 Å². The van der Waals surface area contributed by atoms with Crippen LogP contribution in [0.3, 0.4) is 0 Å². The molecule has 8 nitrogen and oxygen atoms in total. The highest BCUT2D eigenvalue weighted by Gasteiger charge is 2.19. The number of fused-ring (bicyclic) bond motifs is 1. The maximum absolute atomic E-state index is 12.6. The maximum atomic E-state index is 12.6. The number of carbonyl (C=O) groups excluding carboxylic acids is 1. The lowest BCUT2D eigenvalue weighted by atomic mass is 10.1. The van der Waals surface area contributed by atoms with E-state index in [1.807, 2.05) is 12.1 Å². The second kappa shape index (κ2) is 12.2. The molecule has 0 aliphatic carbocycles. The first-order valence-electron chi connectivity index (χ1n) is 11.2. The molecule has 3 rings (SSSR count). The van der Waals surface area contributed by atoms with E-state index in [-0.39, 0.29) is 17.3 Å². The van der Waals surface area contributed by atoms with Crippen molar-refractivity contribution in [2.75, 3.05) is 26.3 Å². The minimum absolute atomic E-state index is 0.0149. The number of rotatable bonds is 12. The molecular weight excluding hydrogens is 454 g/mol. The number of nitriles is 1. The Labute approximate surface area is 200 Å². The highest BCUT2D eigenvalue weighted by Crippen LogP contribution is 2.32. The van der Waals surface area contributed by atoms with Crippen LogP contribution in [0, 0.1) is 11.3 Å². The number of benzene rings is 2. The summed E-state index contributed by atoms with van der Waals surface area (Å²) in [5.41, 5.74) is 1.53. The van der Waals surface area contributed by atoms with E-state index < -0.39 is 10.0 Å². The van der Waals surface area contributed by atoms with Crippen molar-refractivity contribution in [1.82, 2.24) is 9.62 Å². The summed E-state index contributed by atoms with van der Waals surface area (Å²) in [7, 11) is -3.65. The van der Waals surface area contributed by atoms with Crippen LogP contribution in [0.4, 0.5) is 0 Å². The zero-order chi connectivity index (χ0) is 24.4. The molecule has 1 aliphatic rings. The standard InChI is InChI=1S/C25H29N3O5S/c1-2-14-28(19-21-9-7-20(18-26)8-10-21)25(29)6-4-3-5-13-27-34(30,31)22-11-12-23-24(17-22)33-16-15-32-23/h2,7-12,17,27H,1,3-6,13-16,19H2. The fourth-order valence-corrected chi connectivity index (χ4v) is 4.62. The highest BCUT2D eigenvalue weighted by molar-refractivity contribution is 7.89. The molecule has 1 amide bonds. The van der Waals surface area contributed by atoms with Crippen molar-refractivity contribution in [3.63, 3.8) is 0 Å². The summed E-state index contributed by atoms with van der Waals surface area (Å²) in [6, 6.07) is 13.8. The van der Waals surface area contributed by atoms with Crippen LogP contribution in [-0.2, 0) is 21.4 Å². The van der Waals surface area contributed by atoms with Crippen LogP contribution in [0.5, 0.6) is 11.5 Å². The summed E-state index contributed by atoms with van der Waals surface area (Å²) >= 11 is 0. The molecule has 0 aromatic heterocycles. The van der Waals surface area contributed by atoms with Crippen LogP contribution in [-0.4, -0.2) is 45.5 Å². The Balaban J connectivity index is 1.41. The van der Waals surface area contributed by atoms with Crippen molar-refractivity contribution in [2.24, 2.45) is 0 Å². The molecule has 1 N–H and O–H groups in total. The molecule has 0 fully saturated rings. The van der Waals surface area contributed by atoms with Gasteiger partial charge < -0.3 is 14.4 Å². The van der Waals surface area contributed by atoms with E-state index in [1.54, 1.807) is 29.2 Å². The molecule has 0 radical (unpaired) electrons. The van der Waals surface area contributed by atoms with E-state index >= 15 is 0 Å².